The summed E-state index contributed by atoms with van der Waals surface area (Å²) < 4.78 is 0. The zero-order valence-corrected chi connectivity index (χ0v) is 11.8. The van der Waals surface area contributed by atoms with E-state index >= 15 is 0 Å². The molecule has 104 valence electrons. The van der Waals surface area contributed by atoms with E-state index in [4.69, 9.17) is 5.73 Å². The summed E-state index contributed by atoms with van der Waals surface area (Å²) in [6, 6.07) is 11.2. The molecule has 0 spiro atoms. The monoisotopic (exact) mass is 269 g/mol. The molecule has 0 aliphatic carbocycles. The molecular formula is C16H19N3O. The van der Waals surface area contributed by atoms with Crippen molar-refractivity contribution in [3.8, 4) is 0 Å². The minimum Gasteiger partial charge on any atom is -0.399 e. The van der Waals surface area contributed by atoms with Crippen LogP contribution in [0.25, 0.3) is 0 Å². The Labute approximate surface area is 119 Å². The number of hydrogen-bond acceptors (Lipinski definition) is 3. The minimum atomic E-state index is 0.00373. The summed E-state index contributed by atoms with van der Waals surface area (Å²) >= 11 is 0. The number of likely N-dealkylation sites (N-methyl/N-ethyl adjacent to an activating group) is 1. The van der Waals surface area contributed by atoms with E-state index in [1.165, 1.54) is 0 Å². The molecule has 0 atom stereocenters. The van der Waals surface area contributed by atoms with E-state index in [1.807, 2.05) is 31.2 Å². The van der Waals surface area contributed by atoms with Gasteiger partial charge in [-0.2, -0.15) is 0 Å². The summed E-state index contributed by atoms with van der Waals surface area (Å²) in [7, 11) is 1.80. The number of aryl methyl sites for hydroxylation is 1. The van der Waals surface area contributed by atoms with Crippen LogP contribution in [-0.4, -0.2) is 29.4 Å². The lowest BCUT2D eigenvalue weighted by atomic mass is 10.1. The number of rotatable bonds is 4. The number of anilines is 1. The molecule has 2 aromatic rings. The van der Waals surface area contributed by atoms with Gasteiger partial charge in [-0.05, 0) is 42.8 Å². The third-order valence-electron chi connectivity index (χ3n) is 3.29. The maximum atomic E-state index is 12.3. The van der Waals surface area contributed by atoms with Crippen LogP contribution in [0.4, 0.5) is 5.69 Å². The van der Waals surface area contributed by atoms with Crippen molar-refractivity contribution in [2.45, 2.75) is 13.3 Å². The highest BCUT2D eigenvalue weighted by Gasteiger charge is 2.12. The first-order valence-corrected chi connectivity index (χ1v) is 6.59. The Morgan fingerprint density at radius 2 is 2.10 bits per heavy atom. The zero-order chi connectivity index (χ0) is 14.5. The van der Waals surface area contributed by atoms with Crippen LogP contribution in [0.1, 0.15) is 21.6 Å². The highest BCUT2D eigenvalue weighted by Crippen LogP contribution is 2.14. The largest absolute Gasteiger partial charge is 0.399 e. The smallest absolute Gasteiger partial charge is 0.253 e. The van der Waals surface area contributed by atoms with E-state index in [0.717, 1.165) is 17.7 Å². The lowest BCUT2D eigenvalue weighted by Crippen LogP contribution is -2.29. The first kappa shape index (κ1) is 14.1. The summed E-state index contributed by atoms with van der Waals surface area (Å²) in [4.78, 5) is 18.3. The van der Waals surface area contributed by atoms with Crippen LogP contribution in [-0.2, 0) is 6.42 Å². The highest BCUT2D eigenvalue weighted by molar-refractivity contribution is 5.94. The predicted octanol–water partition coefficient (Wildman–Crippen LogP) is 2.29. The lowest BCUT2D eigenvalue weighted by Gasteiger charge is -2.17. The third-order valence-corrected chi connectivity index (χ3v) is 3.29. The second kappa shape index (κ2) is 6.19. The molecule has 1 aromatic carbocycles. The molecule has 0 saturated heterocycles. The second-order valence-corrected chi connectivity index (χ2v) is 4.87. The van der Waals surface area contributed by atoms with Gasteiger partial charge in [-0.25, -0.2) is 0 Å². The first-order valence-electron chi connectivity index (χ1n) is 6.59. The summed E-state index contributed by atoms with van der Waals surface area (Å²) in [5.41, 5.74) is 9.05. The molecule has 0 saturated carbocycles. The molecule has 1 amide bonds. The fourth-order valence-corrected chi connectivity index (χ4v) is 1.96. The number of carbonyl (C=O) groups is 1. The van der Waals surface area contributed by atoms with Crippen LogP contribution in [0.2, 0.25) is 0 Å². The van der Waals surface area contributed by atoms with Gasteiger partial charge in [-0.15, -0.1) is 0 Å². The summed E-state index contributed by atoms with van der Waals surface area (Å²) in [5, 5.41) is 0. The van der Waals surface area contributed by atoms with Gasteiger partial charge >= 0.3 is 0 Å². The Hall–Kier alpha value is -2.36. The van der Waals surface area contributed by atoms with Crippen LogP contribution in [0.3, 0.4) is 0 Å². The minimum absolute atomic E-state index is 0.00373. The molecule has 4 heteroatoms. The fraction of sp³-hybridized carbons (Fsp3) is 0.250. The molecule has 20 heavy (non-hydrogen) atoms. The molecule has 1 heterocycles. The highest BCUT2D eigenvalue weighted by atomic mass is 16.2. The molecule has 1 aromatic heterocycles. The third kappa shape index (κ3) is 3.35. The maximum absolute atomic E-state index is 12.3. The average Bonchev–Trinajstić information content (AvgIpc) is 2.48. The van der Waals surface area contributed by atoms with Gasteiger partial charge in [0.15, 0.2) is 0 Å². The zero-order valence-electron chi connectivity index (χ0n) is 11.8. The van der Waals surface area contributed by atoms with Crippen molar-refractivity contribution in [2.75, 3.05) is 19.3 Å². The van der Waals surface area contributed by atoms with Gasteiger partial charge in [-0.3, -0.25) is 9.78 Å². The van der Waals surface area contributed by atoms with Crippen molar-refractivity contribution >= 4 is 11.6 Å². The Kier molecular flexibility index (Phi) is 4.35. The van der Waals surface area contributed by atoms with Crippen LogP contribution in [0.15, 0.2) is 42.6 Å². The van der Waals surface area contributed by atoms with E-state index in [9.17, 15) is 4.79 Å². The van der Waals surface area contributed by atoms with Crippen LogP contribution in [0, 0.1) is 6.92 Å². The summed E-state index contributed by atoms with van der Waals surface area (Å²) in [6.45, 7) is 2.54. The molecule has 0 fully saturated rings. The van der Waals surface area contributed by atoms with Crippen molar-refractivity contribution in [1.29, 1.82) is 0 Å². The van der Waals surface area contributed by atoms with E-state index in [2.05, 4.69) is 4.98 Å². The van der Waals surface area contributed by atoms with Crippen molar-refractivity contribution in [3.05, 3.63) is 59.4 Å². The van der Waals surface area contributed by atoms with E-state index in [1.54, 1.807) is 30.3 Å². The van der Waals surface area contributed by atoms with E-state index in [0.29, 0.717) is 17.8 Å². The topological polar surface area (TPSA) is 59.2 Å². The van der Waals surface area contributed by atoms with Gasteiger partial charge in [0.1, 0.15) is 0 Å². The van der Waals surface area contributed by atoms with Crippen LogP contribution < -0.4 is 5.73 Å². The fourth-order valence-electron chi connectivity index (χ4n) is 1.96. The quantitative estimate of drug-likeness (QED) is 0.866. The predicted molar refractivity (Wildman–Crippen MR) is 80.5 cm³/mol. The van der Waals surface area contributed by atoms with Crippen LogP contribution in [0.5, 0.6) is 0 Å². The normalized spacial score (nSPS) is 10.3. The number of hydrogen-bond donors (Lipinski definition) is 1. The number of nitrogens with zero attached hydrogens (tertiary/aromatic N) is 2. The average molecular weight is 269 g/mol. The van der Waals surface area contributed by atoms with E-state index < -0.39 is 0 Å². The first-order chi connectivity index (χ1) is 9.58. The van der Waals surface area contributed by atoms with Gasteiger partial charge in [0.2, 0.25) is 0 Å². The number of amides is 1. The SMILES string of the molecule is Cc1cc(C(=O)N(C)CCc2ccccn2)ccc1N. The van der Waals surface area contributed by atoms with Gasteiger partial charge in [0, 0.05) is 43.2 Å². The van der Waals surface area contributed by atoms with Gasteiger partial charge in [-0.1, -0.05) is 6.07 Å². The molecule has 0 aliphatic heterocycles. The lowest BCUT2D eigenvalue weighted by molar-refractivity contribution is 0.0796. The Morgan fingerprint density at radius 3 is 2.75 bits per heavy atom. The maximum Gasteiger partial charge on any atom is 0.253 e. The second-order valence-electron chi connectivity index (χ2n) is 4.87. The van der Waals surface area contributed by atoms with Crippen LogP contribution >= 0.6 is 0 Å². The van der Waals surface area contributed by atoms with Gasteiger partial charge in [0.05, 0.1) is 0 Å². The Morgan fingerprint density at radius 1 is 1.30 bits per heavy atom. The molecule has 0 bridgehead atoms. The molecule has 0 aliphatic rings. The van der Waals surface area contributed by atoms with Crippen molar-refractivity contribution in [1.82, 2.24) is 9.88 Å². The standard InChI is InChI=1S/C16H19N3O/c1-12-11-13(6-7-15(12)17)16(20)19(2)10-8-14-5-3-4-9-18-14/h3-7,9,11H,8,10,17H2,1-2H3. The summed E-state index contributed by atoms with van der Waals surface area (Å²) in [5.74, 6) is 0.00373. The number of aromatic nitrogens is 1. The number of pyridine rings is 1. The van der Waals surface area contributed by atoms with Gasteiger partial charge in [0.25, 0.3) is 5.91 Å². The van der Waals surface area contributed by atoms with Gasteiger partial charge < -0.3 is 10.6 Å². The van der Waals surface area contributed by atoms with Crippen molar-refractivity contribution < 1.29 is 4.79 Å². The van der Waals surface area contributed by atoms with Crippen molar-refractivity contribution in [2.24, 2.45) is 0 Å². The molecule has 0 unspecified atom stereocenters. The molecular weight excluding hydrogens is 250 g/mol. The van der Waals surface area contributed by atoms with Crippen molar-refractivity contribution in [3.63, 3.8) is 0 Å². The molecule has 0 radical (unpaired) electrons. The summed E-state index contributed by atoms with van der Waals surface area (Å²) in [6.07, 6.45) is 2.51. The number of benzene rings is 1. The van der Waals surface area contributed by atoms with E-state index in [-0.39, 0.29) is 5.91 Å². The number of nitrogen functional groups attached to an aromatic ring is 1. The number of nitrogens with two attached hydrogens (primary N) is 1. The molecule has 2 N–H and O–H groups in total. The Bertz CT molecular complexity index is 596. The molecule has 4 nitrogen and oxygen atoms in total. The number of carbonyl (C=O) groups excluding carboxylic acids is 1. The Balaban J connectivity index is 1.99. The molecule has 2 rings (SSSR count).